The molecule has 1 saturated carbocycles. The standard InChI is InChI=1S/C11H16BrN3/c1-8(2)15(7-9-3-4-9)11-13-5-10(12)6-14-11/h5-6,8-9H,3-4,7H2,1-2H3. The van der Waals surface area contributed by atoms with Crippen LogP contribution in [0.5, 0.6) is 0 Å². The van der Waals surface area contributed by atoms with Crippen molar-refractivity contribution in [1.29, 1.82) is 0 Å². The molecule has 0 aromatic carbocycles. The molecule has 82 valence electrons. The molecule has 0 radical (unpaired) electrons. The third kappa shape index (κ3) is 2.91. The van der Waals surface area contributed by atoms with Crippen LogP contribution < -0.4 is 4.90 Å². The first-order valence-electron chi connectivity index (χ1n) is 5.41. The summed E-state index contributed by atoms with van der Waals surface area (Å²) >= 11 is 3.35. The number of hydrogen-bond acceptors (Lipinski definition) is 3. The predicted molar refractivity (Wildman–Crippen MR) is 64.9 cm³/mol. The van der Waals surface area contributed by atoms with Gasteiger partial charge in [0.1, 0.15) is 0 Å². The fourth-order valence-electron chi connectivity index (χ4n) is 1.56. The van der Waals surface area contributed by atoms with E-state index in [4.69, 9.17) is 0 Å². The Labute approximate surface area is 99.0 Å². The van der Waals surface area contributed by atoms with Crippen LogP contribution in [-0.2, 0) is 0 Å². The van der Waals surface area contributed by atoms with Crippen LogP contribution in [0.3, 0.4) is 0 Å². The van der Waals surface area contributed by atoms with E-state index in [0.717, 1.165) is 22.9 Å². The molecule has 4 heteroatoms. The zero-order chi connectivity index (χ0) is 10.8. The summed E-state index contributed by atoms with van der Waals surface area (Å²) < 4.78 is 0.932. The van der Waals surface area contributed by atoms with Crippen LogP contribution in [0.25, 0.3) is 0 Å². The zero-order valence-electron chi connectivity index (χ0n) is 9.15. The Kier molecular flexibility index (Phi) is 3.24. The number of halogens is 1. The maximum absolute atomic E-state index is 4.35. The van der Waals surface area contributed by atoms with Crippen LogP contribution in [0.15, 0.2) is 16.9 Å². The third-order valence-electron chi connectivity index (χ3n) is 2.64. The van der Waals surface area contributed by atoms with Crippen molar-refractivity contribution >= 4 is 21.9 Å². The van der Waals surface area contributed by atoms with E-state index in [1.54, 1.807) is 0 Å². The Morgan fingerprint density at radius 2 is 2.00 bits per heavy atom. The number of aromatic nitrogens is 2. The van der Waals surface area contributed by atoms with Crippen LogP contribution in [0.4, 0.5) is 5.95 Å². The minimum Gasteiger partial charge on any atom is -0.338 e. The quantitative estimate of drug-likeness (QED) is 0.842. The summed E-state index contributed by atoms with van der Waals surface area (Å²) in [5, 5.41) is 0. The Morgan fingerprint density at radius 3 is 2.47 bits per heavy atom. The fourth-order valence-corrected chi connectivity index (χ4v) is 1.76. The van der Waals surface area contributed by atoms with Gasteiger partial charge in [0.25, 0.3) is 0 Å². The predicted octanol–water partition coefficient (Wildman–Crippen LogP) is 2.86. The summed E-state index contributed by atoms with van der Waals surface area (Å²) in [4.78, 5) is 11.0. The van der Waals surface area contributed by atoms with E-state index >= 15 is 0 Å². The molecule has 0 atom stereocenters. The Bertz CT molecular complexity index is 319. The summed E-state index contributed by atoms with van der Waals surface area (Å²) in [6.45, 7) is 5.47. The Hall–Kier alpha value is -0.640. The van der Waals surface area contributed by atoms with Gasteiger partial charge in [0.2, 0.25) is 5.95 Å². The molecular formula is C11H16BrN3. The van der Waals surface area contributed by atoms with Gasteiger partial charge in [-0.1, -0.05) is 0 Å². The maximum atomic E-state index is 4.35. The molecule has 1 heterocycles. The molecule has 2 rings (SSSR count). The highest BCUT2D eigenvalue weighted by Gasteiger charge is 2.26. The van der Waals surface area contributed by atoms with Gasteiger partial charge in [0.05, 0.1) is 4.47 Å². The second kappa shape index (κ2) is 4.47. The minimum absolute atomic E-state index is 0.465. The van der Waals surface area contributed by atoms with Gasteiger partial charge in [-0.3, -0.25) is 0 Å². The van der Waals surface area contributed by atoms with E-state index in [9.17, 15) is 0 Å². The molecule has 0 saturated heterocycles. The molecule has 0 amide bonds. The maximum Gasteiger partial charge on any atom is 0.225 e. The Morgan fingerprint density at radius 1 is 1.40 bits per heavy atom. The average Bonchev–Trinajstić information content (AvgIpc) is 2.99. The normalized spacial score (nSPS) is 15.7. The van der Waals surface area contributed by atoms with Crippen LogP contribution in [0.2, 0.25) is 0 Å². The molecule has 15 heavy (non-hydrogen) atoms. The van der Waals surface area contributed by atoms with Gasteiger partial charge >= 0.3 is 0 Å². The largest absolute Gasteiger partial charge is 0.338 e. The molecule has 0 bridgehead atoms. The van der Waals surface area contributed by atoms with Gasteiger partial charge in [-0.15, -0.1) is 0 Å². The smallest absolute Gasteiger partial charge is 0.225 e. The second-order valence-electron chi connectivity index (χ2n) is 4.39. The highest BCUT2D eigenvalue weighted by molar-refractivity contribution is 9.10. The van der Waals surface area contributed by atoms with Gasteiger partial charge in [-0.2, -0.15) is 0 Å². The SMILES string of the molecule is CC(C)N(CC1CC1)c1ncc(Br)cn1. The second-order valence-corrected chi connectivity index (χ2v) is 5.31. The fraction of sp³-hybridized carbons (Fsp3) is 0.636. The van der Waals surface area contributed by atoms with Crippen LogP contribution in [0, 0.1) is 5.92 Å². The number of nitrogens with zero attached hydrogens (tertiary/aromatic N) is 3. The molecule has 1 fully saturated rings. The van der Waals surface area contributed by atoms with Crippen molar-refractivity contribution in [2.24, 2.45) is 5.92 Å². The van der Waals surface area contributed by atoms with Crippen molar-refractivity contribution in [2.45, 2.75) is 32.7 Å². The van der Waals surface area contributed by atoms with Crippen molar-refractivity contribution in [3.8, 4) is 0 Å². The molecule has 1 aromatic rings. The molecule has 1 aromatic heterocycles. The summed E-state index contributed by atoms with van der Waals surface area (Å²) in [5.41, 5.74) is 0. The van der Waals surface area contributed by atoms with Crippen molar-refractivity contribution in [3.05, 3.63) is 16.9 Å². The lowest BCUT2D eigenvalue weighted by molar-refractivity contribution is 0.627. The molecule has 0 N–H and O–H groups in total. The molecule has 3 nitrogen and oxygen atoms in total. The van der Waals surface area contributed by atoms with Crippen molar-refractivity contribution in [3.63, 3.8) is 0 Å². The van der Waals surface area contributed by atoms with Gasteiger partial charge in [-0.05, 0) is 48.5 Å². The van der Waals surface area contributed by atoms with Crippen LogP contribution in [-0.4, -0.2) is 22.6 Å². The topological polar surface area (TPSA) is 29.0 Å². The zero-order valence-corrected chi connectivity index (χ0v) is 10.7. The molecule has 1 aliphatic rings. The van der Waals surface area contributed by atoms with Gasteiger partial charge in [0, 0.05) is 25.0 Å². The number of hydrogen-bond donors (Lipinski definition) is 0. The Balaban J connectivity index is 2.11. The monoisotopic (exact) mass is 269 g/mol. The van der Waals surface area contributed by atoms with E-state index < -0.39 is 0 Å². The van der Waals surface area contributed by atoms with Crippen molar-refractivity contribution in [1.82, 2.24) is 9.97 Å². The average molecular weight is 270 g/mol. The highest BCUT2D eigenvalue weighted by Crippen LogP contribution is 2.31. The molecular weight excluding hydrogens is 254 g/mol. The van der Waals surface area contributed by atoms with E-state index in [1.807, 2.05) is 12.4 Å². The molecule has 0 unspecified atom stereocenters. The third-order valence-corrected chi connectivity index (χ3v) is 3.05. The summed E-state index contributed by atoms with van der Waals surface area (Å²) in [5.74, 6) is 1.71. The summed E-state index contributed by atoms with van der Waals surface area (Å²) in [6.07, 6.45) is 6.34. The van der Waals surface area contributed by atoms with E-state index in [0.29, 0.717) is 6.04 Å². The van der Waals surface area contributed by atoms with Gasteiger partial charge in [0.15, 0.2) is 0 Å². The summed E-state index contributed by atoms with van der Waals surface area (Å²) in [6, 6.07) is 0.465. The lowest BCUT2D eigenvalue weighted by Crippen LogP contribution is -2.34. The first-order valence-corrected chi connectivity index (χ1v) is 6.20. The van der Waals surface area contributed by atoms with Crippen LogP contribution in [0.1, 0.15) is 26.7 Å². The molecule has 0 spiro atoms. The van der Waals surface area contributed by atoms with Crippen molar-refractivity contribution in [2.75, 3.05) is 11.4 Å². The molecule has 1 aliphatic carbocycles. The summed E-state index contributed by atoms with van der Waals surface area (Å²) in [7, 11) is 0. The minimum atomic E-state index is 0.465. The molecule has 0 aliphatic heterocycles. The van der Waals surface area contributed by atoms with Gasteiger partial charge < -0.3 is 4.90 Å². The number of rotatable bonds is 4. The highest BCUT2D eigenvalue weighted by atomic mass is 79.9. The van der Waals surface area contributed by atoms with E-state index in [2.05, 4.69) is 44.6 Å². The van der Waals surface area contributed by atoms with Crippen LogP contribution >= 0.6 is 15.9 Å². The lowest BCUT2D eigenvalue weighted by Gasteiger charge is -2.26. The van der Waals surface area contributed by atoms with E-state index in [1.165, 1.54) is 12.8 Å². The van der Waals surface area contributed by atoms with Crippen molar-refractivity contribution < 1.29 is 0 Å². The van der Waals surface area contributed by atoms with E-state index in [-0.39, 0.29) is 0 Å². The lowest BCUT2D eigenvalue weighted by atomic mass is 10.3. The van der Waals surface area contributed by atoms with Gasteiger partial charge in [-0.25, -0.2) is 9.97 Å². The first kappa shape index (κ1) is 10.9. The number of anilines is 1. The first-order chi connectivity index (χ1) is 7.16.